The van der Waals surface area contributed by atoms with Gasteiger partial charge in [0.1, 0.15) is 96.7 Å². The van der Waals surface area contributed by atoms with Crippen LogP contribution in [0.3, 0.4) is 0 Å². The Kier molecular flexibility index (Phi) is 44.4. The zero-order chi connectivity index (χ0) is 102. The topological polar surface area (TPSA) is 740 Å². The zero-order valence-electron chi connectivity index (χ0n) is 77.2. The van der Waals surface area contributed by atoms with Crippen molar-refractivity contribution in [2.24, 2.45) is 28.9 Å². The highest BCUT2D eigenvalue weighted by molar-refractivity contribution is 8.00. The number of carboxylic acid groups (broad SMARTS) is 2. The van der Waals surface area contributed by atoms with E-state index in [1.165, 1.54) is 32.6 Å². The molecule has 758 valence electrons. The van der Waals surface area contributed by atoms with Crippen LogP contribution >= 0.6 is 35.3 Å². The average molecular weight is 2000 g/mol. The van der Waals surface area contributed by atoms with Crippen LogP contribution in [0.5, 0.6) is 0 Å². The van der Waals surface area contributed by atoms with Crippen molar-refractivity contribution >= 4 is 165 Å². The van der Waals surface area contributed by atoms with Crippen molar-refractivity contribution in [3.05, 3.63) is 108 Å². The Hall–Kier alpha value is -13.1. The van der Waals surface area contributed by atoms with Crippen molar-refractivity contribution in [1.29, 1.82) is 0 Å². The van der Waals surface area contributed by atoms with E-state index in [1.54, 1.807) is 91.0 Å². The molecule has 8 rings (SSSR count). The van der Waals surface area contributed by atoms with Crippen molar-refractivity contribution in [3.63, 3.8) is 0 Å². The fraction of sp³-hybridized carbons (Fsp3) is 0.551. The Morgan fingerprint density at radius 1 is 0.424 bits per heavy atom. The molecule has 5 aliphatic heterocycles. The maximum Gasteiger partial charge on any atom is 0.326 e. The van der Waals surface area contributed by atoms with Crippen molar-refractivity contribution in [1.82, 2.24) is 101 Å². The number of nitrogens with zero attached hydrogens (tertiary/aromatic N) is 1. The van der Waals surface area contributed by atoms with E-state index in [-0.39, 0.29) is 83.8 Å². The number of nitrogens with two attached hydrogens (primary N) is 4. The summed E-state index contributed by atoms with van der Waals surface area (Å²) in [6.07, 6.45) is -4.74. The van der Waals surface area contributed by atoms with E-state index in [1.807, 2.05) is 0 Å². The molecule has 3 aromatic carbocycles. The Labute approximate surface area is 813 Å². The number of rotatable bonds is 19. The number of fused-ring (bicyclic) bond motifs is 22. The van der Waals surface area contributed by atoms with Gasteiger partial charge in [0.05, 0.1) is 32.0 Å². The Morgan fingerprint density at radius 3 is 1.43 bits per heavy atom. The van der Waals surface area contributed by atoms with Crippen molar-refractivity contribution < 1.29 is 116 Å². The lowest BCUT2D eigenvalue weighted by Gasteiger charge is -2.32. The van der Waals surface area contributed by atoms with Gasteiger partial charge in [-0.1, -0.05) is 119 Å². The summed E-state index contributed by atoms with van der Waals surface area (Å²) in [5, 5.41) is 64.4. The van der Waals surface area contributed by atoms with Gasteiger partial charge < -0.3 is 134 Å². The zero-order valence-corrected chi connectivity index (χ0v) is 79.7. The van der Waals surface area contributed by atoms with Gasteiger partial charge in [-0.2, -0.15) is 35.3 Å². The second-order valence-electron chi connectivity index (χ2n) is 34.6. The van der Waals surface area contributed by atoms with Gasteiger partial charge in [-0.25, -0.2) is 4.79 Å². The highest BCUT2D eigenvalue weighted by atomic mass is 32.2. The molecule has 0 spiro atoms. The van der Waals surface area contributed by atoms with Gasteiger partial charge in [0, 0.05) is 72.3 Å². The van der Waals surface area contributed by atoms with Crippen LogP contribution in [0.15, 0.2) is 91.0 Å². The van der Waals surface area contributed by atoms with Crippen LogP contribution < -0.4 is 119 Å². The molecule has 6 bridgehead atoms. The summed E-state index contributed by atoms with van der Waals surface area (Å²) in [7, 11) is 0. The minimum Gasteiger partial charge on any atom is -0.481 e. The summed E-state index contributed by atoms with van der Waals surface area (Å²) in [5.74, 6) is -30.6. The molecular formula is C89H125N23O24S3. The van der Waals surface area contributed by atoms with Gasteiger partial charge in [-0.15, -0.1) is 0 Å². The molecule has 50 heteroatoms. The predicted molar refractivity (Wildman–Crippen MR) is 506 cm³/mol. The molecule has 20 amide bonds. The summed E-state index contributed by atoms with van der Waals surface area (Å²) < 4.78 is 0. The Bertz CT molecular complexity index is 4900. The fourth-order valence-electron chi connectivity index (χ4n) is 15.5. The molecule has 0 aromatic heterocycles. The second-order valence-corrected chi connectivity index (χ2v) is 38.5. The molecule has 0 radical (unpaired) electrons. The van der Waals surface area contributed by atoms with Crippen LogP contribution in [-0.2, 0) is 125 Å². The molecule has 28 N–H and O–H groups in total. The number of unbranched alkanes of at least 4 members (excludes halogenated alkanes) is 1. The van der Waals surface area contributed by atoms with E-state index < -0.39 is 324 Å². The molecule has 3 aromatic rings. The molecule has 47 nitrogen and oxygen atoms in total. The number of nitrogens with one attached hydrogen (secondary N) is 18. The molecule has 5 aliphatic rings. The smallest absolute Gasteiger partial charge is 0.326 e. The summed E-state index contributed by atoms with van der Waals surface area (Å²) in [6, 6.07) is -6.77. The third kappa shape index (κ3) is 35.7. The normalized spacial score (nSPS) is 28.2. The number of amides is 20. The second kappa shape index (κ2) is 55.5. The van der Waals surface area contributed by atoms with E-state index in [9.17, 15) is 63.0 Å². The molecule has 5 saturated heterocycles. The van der Waals surface area contributed by atoms with Gasteiger partial charge in [-0.3, -0.25) is 101 Å². The Balaban J connectivity index is 1.41. The number of benzene rings is 3. The predicted octanol–water partition coefficient (Wildman–Crippen LogP) is -8.19. The van der Waals surface area contributed by atoms with Crippen molar-refractivity contribution in [2.75, 3.05) is 62.3 Å². The molecular weight excluding hydrogens is 1870 g/mol. The SMILES string of the molecule is CC(C)[C@@H]1NC(=O)[C@H](Cc2ccccc2)NC(=O)[C@@H]2NC(=O)[C@H](Cc3ccccc3)NC(=O)[C@@H]3CCCN3C(=O)CNC(=O)[C@H](Cc3ccccc3)NC(=O)[C@@H]3CNCCCC[C@@H](C(=O)O)NC(=O)[C@@H]4NC(=O)[C@H](CC(N)=O)NC(=O)CNC(=O)[C@H](CC(=O)O)NC(=O)[C@H](CSC[C@@H](NC(=O)[C@H](CCC(N)=O)NC(=O)[C@H](CCCCN)NC(=O)[C@@H](N)CS[C@H]4C)C(=O)N[C@@H](CS[C@H]2C)C(=O)N3)NC1=O. The van der Waals surface area contributed by atoms with Gasteiger partial charge in [0.15, 0.2) is 0 Å². The lowest BCUT2D eigenvalue weighted by Crippen LogP contribution is -2.63. The molecule has 0 unspecified atom stereocenters. The van der Waals surface area contributed by atoms with Gasteiger partial charge in [0.2, 0.25) is 118 Å². The molecule has 139 heavy (non-hydrogen) atoms. The quantitative estimate of drug-likeness (QED) is 0.0391. The standard InChI is InChI=1S/C89H125N23O24S3/c1-45(2)70-86(132)108-62-43-137-42-61-83(129)107-63-44-139-47(4)72(88(134)104-57(78(124)109-70)35-50-23-12-7-13-24-50)110-79(125)56(34-49-21-10-6-11-22-49)103-85(131)64-27-18-32-112(64)68(116)40-96-74(120)55(33-48-19-8-5-9-20-48)101-81(127)60(105-84(63)130)38-94-31-17-15-26-54(89(135)136)100-87(133)71(111-80(126)58(36-66(93)114)97-67(115)39-95-75(121)59(37-69(117)118)102-82(62)128)46(3)138-41-51(91)73(119)98-52(25-14-16-30-90)76(122)99-53(77(123)106-61)28-29-65(92)113/h5-13,19-24,45-47,51-64,70-72,94H,14-18,25-44,90-91H2,1-4H3,(H2,92,113)(H2,93,114)(H,95,121)(H,96,120)(H,97,115)(H,98,119)(H,99,122)(H,100,133)(H,101,127)(H,102,128)(H,103,131)(H,104,134)(H,105,130)(H,106,123)(H,107,129)(H,108,132)(H,109,124)(H,110,125)(H,111,126)(H,117,118)(H,135,136)/t46-,47-,51-,52-,53-,54-,55-,56-,57-,58-,59-,60-,61+,62-,63-,64-,70-,71+,72+/m0/s1. The Morgan fingerprint density at radius 2 is 0.871 bits per heavy atom. The first kappa shape index (κ1) is 111. The van der Waals surface area contributed by atoms with E-state index in [2.05, 4.69) is 95.7 Å². The maximum atomic E-state index is 16.1. The lowest BCUT2D eigenvalue weighted by atomic mass is 10.00. The largest absolute Gasteiger partial charge is 0.481 e. The van der Waals surface area contributed by atoms with Crippen LogP contribution in [0.4, 0.5) is 0 Å². The molecule has 0 aliphatic carbocycles. The number of aliphatic carboxylic acids is 2. The van der Waals surface area contributed by atoms with E-state index in [4.69, 9.17) is 22.9 Å². The van der Waals surface area contributed by atoms with Crippen LogP contribution in [0.2, 0.25) is 0 Å². The highest BCUT2D eigenvalue weighted by Crippen LogP contribution is 2.24. The first-order valence-electron chi connectivity index (χ1n) is 45.7. The number of carbonyl (C=O) groups is 22. The van der Waals surface area contributed by atoms with Crippen molar-refractivity contribution in [3.8, 4) is 0 Å². The van der Waals surface area contributed by atoms with Crippen LogP contribution in [-0.4, -0.2) is 321 Å². The molecule has 0 saturated carbocycles. The maximum absolute atomic E-state index is 16.1. The number of hydrogen-bond acceptors (Lipinski definition) is 28. The van der Waals surface area contributed by atoms with E-state index in [0.29, 0.717) is 40.2 Å². The van der Waals surface area contributed by atoms with Gasteiger partial charge in [-0.05, 0) is 93.5 Å². The molecule has 19 atom stereocenters. The lowest BCUT2D eigenvalue weighted by molar-refractivity contribution is -0.142. The third-order valence-corrected chi connectivity index (χ3v) is 27.1. The minimum absolute atomic E-state index is 0.0133. The summed E-state index contributed by atoms with van der Waals surface area (Å²) in [6.45, 7) is 2.97. The summed E-state index contributed by atoms with van der Waals surface area (Å²) >= 11 is 1.97. The first-order chi connectivity index (χ1) is 66.2. The van der Waals surface area contributed by atoms with E-state index >= 15 is 52.7 Å². The van der Waals surface area contributed by atoms with Crippen LogP contribution in [0, 0.1) is 5.92 Å². The third-order valence-electron chi connectivity index (χ3n) is 23.3. The highest BCUT2D eigenvalue weighted by Gasteiger charge is 2.44. The van der Waals surface area contributed by atoms with Gasteiger partial charge in [0.25, 0.3) is 0 Å². The van der Waals surface area contributed by atoms with Gasteiger partial charge >= 0.3 is 11.9 Å². The fourth-order valence-corrected chi connectivity index (χ4v) is 18.8. The molecule has 5 fully saturated rings. The number of thioether (sulfide) groups is 3. The number of hydrogen-bond donors (Lipinski definition) is 24. The monoisotopic (exact) mass is 2000 g/mol. The minimum atomic E-state index is -2.23. The number of carboxylic acids is 2. The first-order valence-corrected chi connectivity index (χ1v) is 48.9. The average Bonchev–Trinajstić information content (AvgIpc) is 1.76. The number of primary amides is 2. The van der Waals surface area contributed by atoms with Crippen LogP contribution in [0.1, 0.15) is 121 Å². The van der Waals surface area contributed by atoms with Crippen LogP contribution in [0.25, 0.3) is 0 Å². The number of carbonyl (C=O) groups excluding carboxylic acids is 20. The molecule has 5 heterocycles. The van der Waals surface area contributed by atoms with E-state index in [0.717, 1.165) is 11.8 Å². The van der Waals surface area contributed by atoms with Crippen molar-refractivity contribution in [2.45, 2.75) is 237 Å². The summed E-state index contributed by atoms with van der Waals surface area (Å²) in [4.78, 5) is 326. The summed E-state index contributed by atoms with van der Waals surface area (Å²) in [5.41, 5.74) is 25.0.